The highest BCUT2D eigenvalue weighted by molar-refractivity contribution is 9.10. The summed E-state index contributed by atoms with van der Waals surface area (Å²) in [5.74, 6) is 0. The first kappa shape index (κ1) is 14.6. The monoisotopic (exact) mass is 359 g/mol. The smallest absolute Gasteiger partial charge is 0.0558 e. The van der Waals surface area contributed by atoms with Crippen LogP contribution in [0.25, 0.3) is 10.8 Å². The van der Waals surface area contributed by atoms with E-state index in [-0.39, 0.29) is 6.04 Å². The van der Waals surface area contributed by atoms with Gasteiger partial charge in [0.15, 0.2) is 0 Å². The van der Waals surface area contributed by atoms with Crippen molar-refractivity contribution in [2.75, 3.05) is 0 Å². The van der Waals surface area contributed by atoms with E-state index in [0.717, 1.165) is 31.4 Å². The van der Waals surface area contributed by atoms with Gasteiger partial charge in [-0.05, 0) is 41.1 Å². The van der Waals surface area contributed by atoms with Crippen LogP contribution in [0, 0.1) is 6.92 Å². The number of benzene rings is 3. The van der Waals surface area contributed by atoms with Gasteiger partial charge in [0.25, 0.3) is 0 Å². The molecule has 0 aliphatic carbocycles. The van der Waals surface area contributed by atoms with E-state index in [1.165, 1.54) is 5.56 Å². The van der Waals surface area contributed by atoms with E-state index in [4.69, 9.17) is 17.3 Å². The molecule has 0 bridgehead atoms. The molecule has 0 radical (unpaired) electrons. The molecule has 106 valence electrons. The molecule has 0 saturated heterocycles. The van der Waals surface area contributed by atoms with Crippen molar-refractivity contribution in [3.05, 3.63) is 80.8 Å². The van der Waals surface area contributed by atoms with Gasteiger partial charge in [0.1, 0.15) is 0 Å². The molecule has 3 rings (SSSR count). The van der Waals surface area contributed by atoms with Crippen LogP contribution in [0.1, 0.15) is 22.7 Å². The Morgan fingerprint density at radius 2 is 1.71 bits per heavy atom. The summed E-state index contributed by atoms with van der Waals surface area (Å²) in [6, 6.07) is 18.1. The number of rotatable bonds is 2. The lowest BCUT2D eigenvalue weighted by atomic mass is 9.94. The number of hydrogen-bond donors (Lipinski definition) is 1. The molecule has 1 nitrogen and oxygen atoms in total. The molecule has 0 heterocycles. The number of aryl methyl sites for hydroxylation is 1. The zero-order chi connectivity index (χ0) is 15.0. The van der Waals surface area contributed by atoms with Crippen LogP contribution in [0.4, 0.5) is 0 Å². The van der Waals surface area contributed by atoms with E-state index in [9.17, 15) is 0 Å². The summed E-state index contributed by atoms with van der Waals surface area (Å²) in [6.45, 7) is 2.07. The number of nitrogens with two attached hydrogens (primary N) is 1. The second kappa shape index (κ2) is 5.80. The Balaban J connectivity index is 2.15. The number of fused-ring (bicyclic) bond motifs is 1. The zero-order valence-corrected chi connectivity index (χ0v) is 13.9. The Morgan fingerprint density at radius 1 is 1.00 bits per heavy atom. The largest absolute Gasteiger partial charge is 0.320 e. The minimum Gasteiger partial charge on any atom is -0.320 e. The third-order valence-electron chi connectivity index (χ3n) is 3.79. The molecule has 1 unspecified atom stereocenters. The number of halogens is 2. The predicted octanol–water partition coefficient (Wildman–Crippen LogP) is 5.61. The third kappa shape index (κ3) is 2.71. The maximum atomic E-state index is 6.49. The predicted molar refractivity (Wildman–Crippen MR) is 93.9 cm³/mol. The summed E-state index contributed by atoms with van der Waals surface area (Å²) in [7, 11) is 0. The Kier molecular flexibility index (Phi) is 4.03. The topological polar surface area (TPSA) is 26.0 Å². The molecule has 0 saturated carbocycles. The van der Waals surface area contributed by atoms with Gasteiger partial charge in [-0.1, -0.05) is 70.0 Å². The first-order valence-corrected chi connectivity index (χ1v) is 7.94. The molecule has 2 N–H and O–H groups in total. The Hall–Kier alpha value is -1.35. The minimum absolute atomic E-state index is 0.177. The van der Waals surface area contributed by atoms with Crippen LogP contribution in [-0.4, -0.2) is 0 Å². The van der Waals surface area contributed by atoms with E-state index in [0.29, 0.717) is 0 Å². The van der Waals surface area contributed by atoms with Crippen LogP contribution in [-0.2, 0) is 0 Å². The summed E-state index contributed by atoms with van der Waals surface area (Å²) < 4.78 is 1.08. The van der Waals surface area contributed by atoms with Crippen molar-refractivity contribution in [1.29, 1.82) is 0 Å². The second-order valence-corrected chi connectivity index (χ2v) is 6.43. The molecule has 0 fully saturated rings. The van der Waals surface area contributed by atoms with Gasteiger partial charge in [-0.3, -0.25) is 0 Å². The summed E-state index contributed by atoms with van der Waals surface area (Å²) in [4.78, 5) is 0. The van der Waals surface area contributed by atoms with E-state index < -0.39 is 0 Å². The SMILES string of the molecule is Cc1ccc(C(N)c2ccc(Cl)c3ccccc23)cc1Br. The van der Waals surface area contributed by atoms with E-state index in [1.807, 2.05) is 30.3 Å². The van der Waals surface area contributed by atoms with E-state index >= 15 is 0 Å². The van der Waals surface area contributed by atoms with E-state index in [2.05, 4.69) is 47.1 Å². The fraction of sp³-hybridized carbons (Fsp3) is 0.111. The maximum absolute atomic E-state index is 6.49. The quantitative estimate of drug-likeness (QED) is 0.631. The summed E-state index contributed by atoms with van der Waals surface area (Å²) in [5.41, 5.74) is 9.86. The minimum atomic E-state index is -0.177. The number of hydrogen-bond acceptors (Lipinski definition) is 1. The molecule has 0 aliphatic rings. The van der Waals surface area contributed by atoms with Crippen LogP contribution in [0.5, 0.6) is 0 Å². The van der Waals surface area contributed by atoms with Gasteiger partial charge in [-0.15, -0.1) is 0 Å². The Bertz CT molecular complexity index is 813. The van der Waals surface area contributed by atoms with E-state index in [1.54, 1.807) is 0 Å². The van der Waals surface area contributed by atoms with Crippen molar-refractivity contribution in [2.24, 2.45) is 5.73 Å². The molecular formula is C18H15BrClN. The molecule has 21 heavy (non-hydrogen) atoms. The molecule has 0 spiro atoms. The summed E-state index contributed by atoms with van der Waals surface area (Å²) in [5, 5.41) is 2.90. The normalized spacial score (nSPS) is 12.6. The highest BCUT2D eigenvalue weighted by atomic mass is 79.9. The highest BCUT2D eigenvalue weighted by Crippen LogP contribution is 2.32. The first-order valence-electron chi connectivity index (χ1n) is 6.76. The lowest BCUT2D eigenvalue weighted by Crippen LogP contribution is -2.12. The lowest BCUT2D eigenvalue weighted by Gasteiger charge is -2.17. The Labute approximate surface area is 137 Å². The first-order chi connectivity index (χ1) is 10.1. The summed E-state index contributed by atoms with van der Waals surface area (Å²) in [6.07, 6.45) is 0. The van der Waals surface area contributed by atoms with Crippen LogP contribution < -0.4 is 5.73 Å². The van der Waals surface area contributed by atoms with Gasteiger partial charge in [0.05, 0.1) is 6.04 Å². The van der Waals surface area contributed by atoms with Gasteiger partial charge < -0.3 is 5.73 Å². The van der Waals surface area contributed by atoms with Crippen molar-refractivity contribution in [1.82, 2.24) is 0 Å². The Morgan fingerprint density at radius 3 is 2.43 bits per heavy atom. The highest BCUT2D eigenvalue weighted by Gasteiger charge is 2.14. The van der Waals surface area contributed by atoms with Crippen molar-refractivity contribution in [3.8, 4) is 0 Å². The summed E-state index contributed by atoms with van der Waals surface area (Å²) >= 11 is 9.85. The van der Waals surface area contributed by atoms with Gasteiger partial charge in [-0.25, -0.2) is 0 Å². The average Bonchev–Trinajstić information content (AvgIpc) is 2.50. The third-order valence-corrected chi connectivity index (χ3v) is 4.98. The van der Waals surface area contributed by atoms with Crippen molar-refractivity contribution in [3.63, 3.8) is 0 Å². The fourth-order valence-electron chi connectivity index (χ4n) is 2.54. The standard InChI is InChI=1S/C18H15BrClN/c1-11-6-7-12(10-16(11)19)18(21)15-8-9-17(20)14-5-3-2-4-13(14)15/h2-10,18H,21H2,1H3. The molecule has 0 aromatic heterocycles. The van der Waals surface area contributed by atoms with Gasteiger partial charge >= 0.3 is 0 Å². The average molecular weight is 361 g/mol. The fourth-order valence-corrected chi connectivity index (χ4v) is 3.16. The molecule has 3 aromatic rings. The molecule has 3 heteroatoms. The van der Waals surface area contributed by atoms with Gasteiger partial charge in [-0.2, -0.15) is 0 Å². The maximum Gasteiger partial charge on any atom is 0.0558 e. The van der Waals surface area contributed by atoms with Crippen LogP contribution in [0.2, 0.25) is 5.02 Å². The van der Waals surface area contributed by atoms with Gasteiger partial charge in [0.2, 0.25) is 0 Å². The second-order valence-electron chi connectivity index (χ2n) is 5.17. The molecule has 0 amide bonds. The zero-order valence-electron chi connectivity index (χ0n) is 11.6. The van der Waals surface area contributed by atoms with Crippen molar-refractivity contribution in [2.45, 2.75) is 13.0 Å². The van der Waals surface area contributed by atoms with Crippen LogP contribution in [0.3, 0.4) is 0 Å². The van der Waals surface area contributed by atoms with Crippen molar-refractivity contribution >= 4 is 38.3 Å². The molecule has 3 aromatic carbocycles. The van der Waals surface area contributed by atoms with Crippen molar-refractivity contribution < 1.29 is 0 Å². The lowest BCUT2D eigenvalue weighted by molar-refractivity contribution is 0.879. The molecular weight excluding hydrogens is 346 g/mol. The van der Waals surface area contributed by atoms with Crippen LogP contribution >= 0.6 is 27.5 Å². The molecule has 0 aliphatic heterocycles. The molecule has 1 atom stereocenters. The van der Waals surface area contributed by atoms with Crippen LogP contribution in [0.15, 0.2) is 59.1 Å². The van der Waals surface area contributed by atoms with Gasteiger partial charge in [0, 0.05) is 14.9 Å².